The first-order valence-electron chi connectivity index (χ1n) is 9.48. The minimum Gasteiger partial charge on any atom is -0.370 e. The Kier molecular flexibility index (Phi) is 6.43. The highest BCUT2D eigenvalue weighted by atomic mass is 19.4. The average Bonchev–Trinajstić information content (AvgIpc) is 3.48. The van der Waals surface area contributed by atoms with E-state index in [1.54, 1.807) is 6.07 Å². The van der Waals surface area contributed by atoms with Gasteiger partial charge in [-0.2, -0.15) is 13.2 Å². The number of aliphatic imine (C=N–C) groups is 1. The van der Waals surface area contributed by atoms with E-state index in [4.69, 9.17) is 4.74 Å². The molecule has 0 spiro atoms. The van der Waals surface area contributed by atoms with Crippen molar-refractivity contribution in [3.05, 3.63) is 35.4 Å². The molecule has 1 aliphatic heterocycles. The van der Waals surface area contributed by atoms with Crippen molar-refractivity contribution in [2.45, 2.75) is 38.1 Å². The Hall–Kier alpha value is -2.29. The lowest BCUT2D eigenvalue weighted by molar-refractivity contribution is -0.137. The molecule has 1 aromatic carbocycles. The van der Waals surface area contributed by atoms with Gasteiger partial charge in [0.25, 0.3) is 0 Å². The van der Waals surface area contributed by atoms with Crippen molar-refractivity contribution in [2.24, 2.45) is 4.99 Å². The van der Waals surface area contributed by atoms with E-state index in [-0.39, 0.29) is 18.5 Å². The first kappa shape index (κ1) is 20.4. The van der Waals surface area contributed by atoms with Gasteiger partial charge in [-0.25, -0.2) is 4.99 Å². The van der Waals surface area contributed by atoms with Crippen molar-refractivity contribution in [2.75, 3.05) is 32.8 Å². The van der Waals surface area contributed by atoms with Crippen LogP contribution in [-0.4, -0.2) is 55.6 Å². The summed E-state index contributed by atoms with van der Waals surface area (Å²) in [7, 11) is 0. The van der Waals surface area contributed by atoms with Gasteiger partial charge in [0.15, 0.2) is 5.96 Å². The number of carbonyl (C=O) groups excluding carboxylic acids is 1. The lowest BCUT2D eigenvalue weighted by atomic mass is 10.0. The lowest BCUT2D eigenvalue weighted by Gasteiger charge is -2.35. The maximum Gasteiger partial charge on any atom is 0.416 e. The SMILES string of the molecule is CCNC(=NCC(=O)NC1CC1)N1CCOC(c2cccc(C(F)(F)F)c2)C1. The molecule has 154 valence electrons. The van der Waals surface area contributed by atoms with E-state index < -0.39 is 17.8 Å². The fourth-order valence-electron chi connectivity index (χ4n) is 3.03. The maximum atomic E-state index is 13.0. The summed E-state index contributed by atoms with van der Waals surface area (Å²) in [5.74, 6) is 0.439. The first-order chi connectivity index (χ1) is 13.4. The highest BCUT2D eigenvalue weighted by Crippen LogP contribution is 2.32. The number of hydrogen-bond acceptors (Lipinski definition) is 3. The number of nitrogens with zero attached hydrogens (tertiary/aromatic N) is 2. The maximum absolute atomic E-state index is 13.0. The number of morpholine rings is 1. The molecule has 0 aromatic heterocycles. The number of ether oxygens (including phenoxy) is 1. The molecule has 0 radical (unpaired) electrons. The molecular weight excluding hydrogens is 373 g/mol. The third-order valence-electron chi connectivity index (χ3n) is 4.60. The zero-order valence-electron chi connectivity index (χ0n) is 15.8. The van der Waals surface area contributed by atoms with Crippen LogP contribution in [0.5, 0.6) is 0 Å². The Morgan fingerprint density at radius 3 is 2.82 bits per heavy atom. The Morgan fingerprint density at radius 1 is 1.36 bits per heavy atom. The Labute approximate surface area is 162 Å². The molecule has 1 atom stereocenters. The number of rotatable bonds is 5. The van der Waals surface area contributed by atoms with Crippen LogP contribution in [0.4, 0.5) is 13.2 Å². The minimum absolute atomic E-state index is 0.0183. The van der Waals surface area contributed by atoms with Crippen LogP contribution in [-0.2, 0) is 15.7 Å². The van der Waals surface area contributed by atoms with E-state index in [0.717, 1.165) is 25.0 Å². The summed E-state index contributed by atoms with van der Waals surface area (Å²) in [6.07, 6.45) is -2.87. The zero-order valence-corrected chi connectivity index (χ0v) is 15.8. The Morgan fingerprint density at radius 2 is 2.14 bits per heavy atom. The van der Waals surface area contributed by atoms with E-state index in [1.165, 1.54) is 6.07 Å². The molecular formula is C19H25F3N4O2. The summed E-state index contributed by atoms with van der Waals surface area (Å²) >= 11 is 0. The van der Waals surface area contributed by atoms with E-state index in [9.17, 15) is 18.0 Å². The molecule has 2 fully saturated rings. The summed E-state index contributed by atoms with van der Waals surface area (Å²) in [4.78, 5) is 18.2. The van der Waals surface area contributed by atoms with Gasteiger partial charge in [0, 0.05) is 19.1 Å². The van der Waals surface area contributed by atoms with Gasteiger partial charge < -0.3 is 20.3 Å². The summed E-state index contributed by atoms with van der Waals surface area (Å²) in [6.45, 7) is 3.83. The molecule has 9 heteroatoms. The standard InChI is InChI=1S/C19H25F3N4O2/c1-2-23-18(24-11-17(27)25-15-6-7-15)26-8-9-28-16(12-26)13-4-3-5-14(10-13)19(20,21)22/h3-5,10,15-16H,2,6-9,11-12H2,1H3,(H,23,24)(H,25,27). The van der Waals surface area contributed by atoms with Crippen LogP contribution < -0.4 is 10.6 Å². The number of nitrogens with one attached hydrogen (secondary N) is 2. The highest BCUT2D eigenvalue weighted by Gasteiger charge is 2.32. The number of halogens is 3. The molecule has 1 saturated carbocycles. The number of hydrogen-bond donors (Lipinski definition) is 2. The molecule has 6 nitrogen and oxygen atoms in total. The van der Waals surface area contributed by atoms with Crippen LogP contribution in [0.2, 0.25) is 0 Å². The van der Waals surface area contributed by atoms with Crippen molar-refractivity contribution < 1.29 is 22.7 Å². The van der Waals surface area contributed by atoms with Crippen LogP contribution in [0.1, 0.15) is 37.0 Å². The number of benzene rings is 1. The van der Waals surface area contributed by atoms with Crippen LogP contribution in [0.25, 0.3) is 0 Å². The molecule has 1 amide bonds. The van der Waals surface area contributed by atoms with Gasteiger partial charge in [-0.1, -0.05) is 12.1 Å². The highest BCUT2D eigenvalue weighted by molar-refractivity contribution is 5.85. The first-order valence-corrected chi connectivity index (χ1v) is 9.48. The topological polar surface area (TPSA) is 66.0 Å². The quantitative estimate of drug-likeness (QED) is 0.590. The average molecular weight is 398 g/mol. The summed E-state index contributed by atoms with van der Waals surface area (Å²) in [5.41, 5.74) is -0.218. The number of carbonyl (C=O) groups is 1. The molecule has 0 bridgehead atoms. The lowest BCUT2D eigenvalue weighted by Crippen LogP contribution is -2.48. The van der Waals surface area contributed by atoms with Gasteiger partial charge in [-0.05, 0) is 37.5 Å². The Bertz CT molecular complexity index is 719. The van der Waals surface area contributed by atoms with Gasteiger partial charge in [0.05, 0.1) is 18.7 Å². The van der Waals surface area contributed by atoms with E-state index >= 15 is 0 Å². The van der Waals surface area contributed by atoms with Crippen molar-refractivity contribution in [3.8, 4) is 0 Å². The van der Waals surface area contributed by atoms with Gasteiger partial charge in [0.2, 0.25) is 5.91 Å². The van der Waals surface area contributed by atoms with Crippen LogP contribution >= 0.6 is 0 Å². The zero-order chi connectivity index (χ0) is 20.1. The second-order valence-corrected chi connectivity index (χ2v) is 6.94. The third kappa shape index (κ3) is 5.60. The number of amides is 1. The van der Waals surface area contributed by atoms with Crippen molar-refractivity contribution in [3.63, 3.8) is 0 Å². The van der Waals surface area contributed by atoms with Crippen LogP contribution in [0, 0.1) is 0 Å². The molecule has 1 saturated heterocycles. The van der Waals surface area contributed by atoms with Gasteiger partial charge in [-0.3, -0.25) is 4.79 Å². The third-order valence-corrected chi connectivity index (χ3v) is 4.60. The van der Waals surface area contributed by atoms with Crippen molar-refractivity contribution in [1.82, 2.24) is 15.5 Å². The second kappa shape index (κ2) is 8.81. The van der Waals surface area contributed by atoms with E-state index in [1.807, 2.05) is 11.8 Å². The molecule has 28 heavy (non-hydrogen) atoms. The Balaban J connectivity index is 1.68. The summed E-state index contributed by atoms with van der Waals surface area (Å²) < 4.78 is 44.7. The molecule has 2 N–H and O–H groups in total. The van der Waals surface area contributed by atoms with E-state index in [0.29, 0.717) is 37.8 Å². The molecule has 2 aliphatic rings. The largest absolute Gasteiger partial charge is 0.416 e. The normalized spacial score (nSPS) is 20.8. The monoisotopic (exact) mass is 398 g/mol. The molecule has 1 aliphatic carbocycles. The molecule has 1 heterocycles. The molecule has 3 rings (SSSR count). The van der Waals surface area contributed by atoms with E-state index in [2.05, 4.69) is 15.6 Å². The van der Waals surface area contributed by atoms with Crippen LogP contribution in [0.15, 0.2) is 29.3 Å². The van der Waals surface area contributed by atoms with Crippen molar-refractivity contribution in [1.29, 1.82) is 0 Å². The van der Waals surface area contributed by atoms with Crippen molar-refractivity contribution >= 4 is 11.9 Å². The number of guanidine groups is 1. The van der Waals surface area contributed by atoms with Crippen LogP contribution in [0.3, 0.4) is 0 Å². The predicted molar refractivity (Wildman–Crippen MR) is 98.9 cm³/mol. The summed E-state index contributed by atoms with van der Waals surface area (Å²) in [6, 6.07) is 5.48. The fourth-order valence-corrected chi connectivity index (χ4v) is 3.03. The number of alkyl halides is 3. The molecule has 1 aromatic rings. The molecule has 1 unspecified atom stereocenters. The predicted octanol–water partition coefficient (Wildman–Crippen LogP) is 2.32. The van der Waals surface area contributed by atoms with Gasteiger partial charge in [0.1, 0.15) is 12.6 Å². The second-order valence-electron chi connectivity index (χ2n) is 6.94. The summed E-state index contributed by atoms with van der Waals surface area (Å²) in [5, 5.41) is 6.03. The fraction of sp³-hybridized carbons (Fsp3) is 0.579. The van der Waals surface area contributed by atoms with Gasteiger partial charge >= 0.3 is 6.18 Å². The minimum atomic E-state index is -4.39. The smallest absolute Gasteiger partial charge is 0.370 e. The van der Waals surface area contributed by atoms with Gasteiger partial charge in [-0.15, -0.1) is 0 Å².